The molecule has 7 heteroatoms. The van der Waals surface area contributed by atoms with E-state index < -0.39 is 10.0 Å². The average Bonchev–Trinajstić information content (AvgIpc) is 3.15. The lowest BCUT2D eigenvalue weighted by Gasteiger charge is -2.31. The summed E-state index contributed by atoms with van der Waals surface area (Å²) in [5.74, 6) is 0.324. The minimum absolute atomic E-state index is 0.237. The van der Waals surface area contributed by atoms with Crippen molar-refractivity contribution in [2.75, 3.05) is 19.6 Å². The van der Waals surface area contributed by atoms with E-state index in [-0.39, 0.29) is 11.8 Å². The van der Waals surface area contributed by atoms with E-state index in [4.69, 9.17) is 4.42 Å². The number of carbonyl (C=O) groups is 1. The highest BCUT2D eigenvalue weighted by Gasteiger charge is 2.29. The number of hydrogen-bond acceptors (Lipinski definition) is 4. The maximum Gasteiger partial charge on any atom is 0.286 e. The summed E-state index contributed by atoms with van der Waals surface area (Å²) in [7, 11) is -3.42. The molecule has 1 aromatic heterocycles. The van der Waals surface area contributed by atoms with Crippen molar-refractivity contribution in [2.45, 2.75) is 17.7 Å². The first-order valence-electron chi connectivity index (χ1n) is 7.94. The van der Waals surface area contributed by atoms with Crippen molar-refractivity contribution in [3.8, 4) is 0 Å². The molecular weight excluding hydrogens is 328 g/mol. The maximum absolute atomic E-state index is 12.6. The highest BCUT2D eigenvalue weighted by Crippen LogP contribution is 2.23. The van der Waals surface area contributed by atoms with Gasteiger partial charge in [0.25, 0.3) is 5.91 Å². The number of nitrogens with zero attached hydrogens (tertiary/aromatic N) is 1. The van der Waals surface area contributed by atoms with Gasteiger partial charge in [0.2, 0.25) is 10.0 Å². The van der Waals surface area contributed by atoms with Crippen molar-refractivity contribution in [1.82, 2.24) is 9.62 Å². The molecule has 0 spiro atoms. The molecule has 0 radical (unpaired) electrons. The summed E-state index contributed by atoms with van der Waals surface area (Å²) in [6.45, 7) is 1.47. The van der Waals surface area contributed by atoms with E-state index in [2.05, 4.69) is 5.32 Å². The second-order valence-corrected chi connectivity index (χ2v) is 7.79. The van der Waals surface area contributed by atoms with E-state index in [1.165, 1.54) is 10.6 Å². The van der Waals surface area contributed by atoms with Gasteiger partial charge in [0.05, 0.1) is 11.2 Å². The number of nitrogens with one attached hydrogen (secondary N) is 1. The van der Waals surface area contributed by atoms with Crippen molar-refractivity contribution < 1.29 is 17.6 Å². The minimum atomic E-state index is -3.42. The second kappa shape index (κ2) is 7.19. The van der Waals surface area contributed by atoms with Crippen LogP contribution >= 0.6 is 0 Å². The largest absolute Gasteiger partial charge is 0.459 e. The molecule has 0 saturated carbocycles. The molecule has 6 nitrogen and oxygen atoms in total. The van der Waals surface area contributed by atoms with E-state index in [9.17, 15) is 13.2 Å². The number of rotatable bonds is 5. The summed E-state index contributed by atoms with van der Waals surface area (Å²) in [5, 5.41) is 2.84. The van der Waals surface area contributed by atoms with Crippen molar-refractivity contribution in [2.24, 2.45) is 5.92 Å². The van der Waals surface area contributed by atoms with Crippen molar-refractivity contribution in [3.63, 3.8) is 0 Å². The molecule has 1 saturated heterocycles. The van der Waals surface area contributed by atoms with Crippen LogP contribution in [0.4, 0.5) is 0 Å². The molecule has 0 atom stereocenters. The molecule has 1 aliphatic rings. The van der Waals surface area contributed by atoms with E-state index in [0.717, 1.165) is 12.8 Å². The van der Waals surface area contributed by atoms with Gasteiger partial charge in [0.15, 0.2) is 5.76 Å². The van der Waals surface area contributed by atoms with E-state index >= 15 is 0 Å². The zero-order valence-corrected chi connectivity index (χ0v) is 14.0. The van der Waals surface area contributed by atoms with Crippen molar-refractivity contribution >= 4 is 15.9 Å². The van der Waals surface area contributed by atoms with Crippen LogP contribution in [0.3, 0.4) is 0 Å². The summed E-state index contributed by atoms with van der Waals surface area (Å²) < 4.78 is 31.7. The molecule has 128 valence electrons. The fraction of sp³-hybridized carbons (Fsp3) is 0.353. The predicted octanol–water partition coefficient (Wildman–Crippen LogP) is 2.11. The molecule has 1 N–H and O–H groups in total. The lowest BCUT2D eigenvalue weighted by molar-refractivity contribution is 0.0913. The fourth-order valence-electron chi connectivity index (χ4n) is 2.83. The Morgan fingerprint density at radius 3 is 2.46 bits per heavy atom. The monoisotopic (exact) mass is 348 g/mol. The third kappa shape index (κ3) is 3.68. The van der Waals surface area contributed by atoms with Gasteiger partial charge in [0.1, 0.15) is 0 Å². The third-order valence-corrected chi connectivity index (χ3v) is 6.16. The Bertz CT molecular complexity index is 764. The van der Waals surface area contributed by atoms with Crippen LogP contribution in [-0.2, 0) is 10.0 Å². The van der Waals surface area contributed by atoms with Gasteiger partial charge in [-0.3, -0.25) is 4.79 Å². The van der Waals surface area contributed by atoms with Crippen LogP contribution in [0.15, 0.2) is 58.0 Å². The Morgan fingerprint density at radius 2 is 1.83 bits per heavy atom. The van der Waals surface area contributed by atoms with Crippen LogP contribution in [0, 0.1) is 5.92 Å². The molecule has 3 rings (SSSR count). The Hall–Kier alpha value is -2.12. The zero-order chi connectivity index (χ0) is 17.0. The summed E-state index contributed by atoms with van der Waals surface area (Å²) >= 11 is 0. The molecular formula is C17H20N2O4S. The third-order valence-electron chi connectivity index (χ3n) is 4.25. The summed E-state index contributed by atoms with van der Waals surface area (Å²) in [5.41, 5.74) is 0. The molecule has 1 fully saturated rings. The molecule has 2 aromatic rings. The Balaban J connectivity index is 1.52. The number of amides is 1. The van der Waals surface area contributed by atoms with E-state index in [0.29, 0.717) is 30.3 Å². The quantitative estimate of drug-likeness (QED) is 0.897. The zero-order valence-electron chi connectivity index (χ0n) is 13.2. The van der Waals surface area contributed by atoms with Gasteiger partial charge in [-0.1, -0.05) is 18.2 Å². The lowest BCUT2D eigenvalue weighted by atomic mass is 9.98. The van der Waals surface area contributed by atoms with Crippen LogP contribution in [-0.4, -0.2) is 38.3 Å². The van der Waals surface area contributed by atoms with Gasteiger partial charge < -0.3 is 9.73 Å². The van der Waals surface area contributed by atoms with Crippen molar-refractivity contribution in [3.05, 3.63) is 54.5 Å². The molecule has 1 aliphatic heterocycles. The number of sulfonamides is 1. The number of furan rings is 1. The van der Waals surface area contributed by atoms with Crippen LogP contribution in [0.2, 0.25) is 0 Å². The molecule has 0 bridgehead atoms. The molecule has 24 heavy (non-hydrogen) atoms. The molecule has 1 amide bonds. The topological polar surface area (TPSA) is 79.6 Å². The molecule has 2 heterocycles. The predicted molar refractivity (Wildman–Crippen MR) is 89.0 cm³/mol. The number of hydrogen-bond donors (Lipinski definition) is 1. The maximum atomic E-state index is 12.6. The van der Waals surface area contributed by atoms with Gasteiger partial charge in [-0.25, -0.2) is 8.42 Å². The standard InChI is InChI=1S/C17H20N2O4S/c20-17(16-7-4-12-23-16)18-13-14-8-10-19(11-9-14)24(21,22)15-5-2-1-3-6-15/h1-7,12,14H,8-11,13H2,(H,18,20). The van der Waals surface area contributed by atoms with Gasteiger partial charge in [-0.05, 0) is 43.0 Å². The highest BCUT2D eigenvalue weighted by molar-refractivity contribution is 7.89. The molecule has 0 unspecified atom stereocenters. The van der Waals surface area contributed by atoms with Crippen LogP contribution in [0.5, 0.6) is 0 Å². The van der Waals surface area contributed by atoms with Gasteiger partial charge in [-0.2, -0.15) is 4.31 Å². The Labute approximate surface area is 141 Å². The number of piperidine rings is 1. The fourth-order valence-corrected chi connectivity index (χ4v) is 4.32. The smallest absolute Gasteiger partial charge is 0.286 e. The van der Waals surface area contributed by atoms with E-state index in [1.807, 2.05) is 0 Å². The second-order valence-electron chi connectivity index (χ2n) is 5.85. The highest BCUT2D eigenvalue weighted by atomic mass is 32.2. The Kier molecular flexibility index (Phi) is 5.01. The first-order valence-corrected chi connectivity index (χ1v) is 9.38. The normalized spacial score (nSPS) is 16.8. The summed E-state index contributed by atoms with van der Waals surface area (Å²) in [4.78, 5) is 12.2. The number of benzene rings is 1. The van der Waals surface area contributed by atoms with Crippen LogP contribution < -0.4 is 5.32 Å². The first kappa shape index (κ1) is 16.7. The van der Waals surface area contributed by atoms with Crippen molar-refractivity contribution in [1.29, 1.82) is 0 Å². The van der Waals surface area contributed by atoms with Crippen LogP contribution in [0.25, 0.3) is 0 Å². The molecule has 1 aromatic carbocycles. The van der Waals surface area contributed by atoms with Gasteiger partial charge in [0, 0.05) is 19.6 Å². The first-order chi connectivity index (χ1) is 11.6. The summed E-state index contributed by atoms with van der Waals surface area (Å²) in [6.07, 6.45) is 2.91. The lowest BCUT2D eigenvalue weighted by Crippen LogP contribution is -2.41. The number of carbonyl (C=O) groups excluding carboxylic acids is 1. The van der Waals surface area contributed by atoms with Crippen LogP contribution in [0.1, 0.15) is 23.4 Å². The Morgan fingerprint density at radius 1 is 1.12 bits per heavy atom. The summed E-state index contributed by atoms with van der Waals surface area (Å²) in [6, 6.07) is 11.8. The van der Waals surface area contributed by atoms with Gasteiger partial charge in [-0.15, -0.1) is 0 Å². The average molecular weight is 348 g/mol. The van der Waals surface area contributed by atoms with Gasteiger partial charge >= 0.3 is 0 Å². The minimum Gasteiger partial charge on any atom is -0.459 e. The molecule has 0 aliphatic carbocycles. The van der Waals surface area contributed by atoms with E-state index in [1.54, 1.807) is 42.5 Å². The SMILES string of the molecule is O=C(NCC1CCN(S(=O)(=O)c2ccccc2)CC1)c1ccco1.